The highest BCUT2D eigenvalue weighted by molar-refractivity contribution is 6.30. The third kappa shape index (κ3) is 3.53. The van der Waals surface area contributed by atoms with Gasteiger partial charge in [0, 0.05) is 32.5 Å². The summed E-state index contributed by atoms with van der Waals surface area (Å²) < 4.78 is 21.7. The molecular formula is C16H21ClFN5O. The fraction of sp³-hybridized carbons (Fsp3) is 0.500. The van der Waals surface area contributed by atoms with Crippen LogP contribution in [0.1, 0.15) is 18.7 Å². The van der Waals surface area contributed by atoms with E-state index < -0.39 is 5.82 Å². The van der Waals surface area contributed by atoms with Crippen molar-refractivity contribution < 1.29 is 9.13 Å². The van der Waals surface area contributed by atoms with Crippen molar-refractivity contribution in [3.05, 3.63) is 41.1 Å². The maximum atomic E-state index is 13.9. The van der Waals surface area contributed by atoms with Gasteiger partial charge in [-0.1, -0.05) is 18.5 Å². The lowest BCUT2D eigenvalue weighted by Crippen LogP contribution is -2.48. The SMILES string of the molecule is CCN1CCO[C@@H](CNc2ncc(Cl)cc2F)[C@@H]1c1ccnn1C. The zero-order valence-electron chi connectivity index (χ0n) is 13.7. The number of ether oxygens (including phenoxy) is 1. The average Bonchev–Trinajstić information content (AvgIpc) is 2.99. The molecule has 8 heteroatoms. The first-order chi connectivity index (χ1) is 11.6. The molecule has 0 bridgehead atoms. The fourth-order valence-corrected chi connectivity index (χ4v) is 3.25. The Labute approximate surface area is 145 Å². The van der Waals surface area contributed by atoms with Crippen LogP contribution in [0.4, 0.5) is 10.2 Å². The van der Waals surface area contributed by atoms with Gasteiger partial charge in [-0.15, -0.1) is 0 Å². The Bertz CT molecular complexity index is 695. The van der Waals surface area contributed by atoms with Crippen LogP contribution in [0.15, 0.2) is 24.5 Å². The fourth-order valence-electron chi connectivity index (χ4n) is 3.11. The Hall–Kier alpha value is -1.70. The molecule has 0 saturated carbocycles. The van der Waals surface area contributed by atoms with Crippen LogP contribution in [0.3, 0.4) is 0 Å². The van der Waals surface area contributed by atoms with Crippen molar-refractivity contribution in [3.8, 4) is 0 Å². The normalized spacial score (nSPS) is 21.8. The molecule has 0 unspecified atom stereocenters. The number of aryl methyl sites for hydroxylation is 1. The second-order valence-corrected chi connectivity index (χ2v) is 6.16. The Morgan fingerprint density at radius 1 is 1.50 bits per heavy atom. The van der Waals surface area contributed by atoms with E-state index in [0.29, 0.717) is 13.2 Å². The molecule has 0 radical (unpaired) electrons. The summed E-state index contributed by atoms with van der Waals surface area (Å²) in [5.41, 5.74) is 1.08. The van der Waals surface area contributed by atoms with Crippen molar-refractivity contribution in [1.82, 2.24) is 19.7 Å². The average molecular weight is 354 g/mol. The van der Waals surface area contributed by atoms with Gasteiger partial charge in [0.1, 0.15) is 0 Å². The van der Waals surface area contributed by atoms with E-state index in [0.717, 1.165) is 18.8 Å². The number of nitrogens with one attached hydrogen (secondary N) is 1. The molecule has 2 aromatic heterocycles. The maximum Gasteiger partial charge on any atom is 0.166 e. The van der Waals surface area contributed by atoms with Crippen LogP contribution in [0.5, 0.6) is 0 Å². The van der Waals surface area contributed by atoms with Gasteiger partial charge in [0.2, 0.25) is 0 Å². The van der Waals surface area contributed by atoms with Crippen molar-refractivity contribution in [2.24, 2.45) is 7.05 Å². The molecule has 0 aliphatic carbocycles. The Morgan fingerprint density at radius 3 is 3.00 bits per heavy atom. The van der Waals surface area contributed by atoms with Crippen molar-refractivity contribution in [2.45, 2.75) is 19.1 Å². The predicted molar refractivity (Wildman–Crippen MR) is 90.6 cm³/mol. The lowest BCUT2D eigenvalue weighted by Gasteiger charge is -2.40. The zero-order chi connectivity index (χ0) is 17.1. The third-order valence-electron chi connectivity index (χ3n) is 4.30. The van der Waals surface area contributed by atoms with Crippen LogP contribution >= 0.6 is 11.6 Å². The summed E-state index contributed by atoms with van der Waals surface area (Å²) in [6.07, 6.45) is 3.07. The highest BCUT2D eigenvalue weighted by Crippen LogP contribution is 2.29. The predicted octanol–water partition coefficient (Wildman–Crippen LogP) is 2.48. The molecule has 6 nitrogen and oxygen atoms in total. The third-order valence-corrected chi connectivity index (χ3v) is 4.51. The van der Waals surface area contributed by atoms with Crippen LogP contribution in [0, 0.1) is 5.82 Å². The summed E-state index contributed by atoms with van der Waals surface area (Å²) in [6.45, 7) is 4.97. The molecule has 1 aliphatic heterocycles. The van der Waals surface area contributed by atoms with Gasteiger partial charge in [0.25, 0.3) is 0 Å². The molecule has 1 saturated heterocycles. The molecule has 1 fully saturated rings. The zero-order valence-corrected chi connectivity index (χ0v) is 14.5. The lowest BCUT2D eigenvalue weighted by atomic mass is 10.0. The molecule has 3 rings (SSSR count). The van der Waals surface area contributed by atoms with Gasteiger partial charge in [0.05, 0.1) is 29.5 Å². The van der Waals surface area contributed by atoms with Crippen LogP contribution < -0.4 is 5.32 Å². The van der Waals surface area contributed by atoms with E-state index in [2.05, 4.69) is 27.2 Å². The van der Waals surface area contributed by atoms with E-state index in [9.17, 15) is 4.39 Å². The van der Waals surface area contributed by atoms with Crippen LogP contribution in [0.25, 0.3) is 0 Å². The first kappa shape index (κ1) is 17.1. The molecule has 1 aliphatic rings. The van der Waals surface area contributed by atoms with Crippen LogP contribution in [-0.4, -0.2) is 52.0 Å². The maximum absolute atomic E-state index is 13.9. The standard InChI is InChI=1S/C16H21ClFN5O/c1-3-23-6-7-24-14(15(23)13-4-5-21-22(13)2)10-20-16-12(18)8-11(17)9-19-16/h4-5,8-9,14-15H,3,6-7,10H2,1-2H3,(H,19,20)/t14-,15-/m0/s1. The summed E-state index contributed by atoms with van der Waals surface area (Å²) in [6, 6.07) is 3.30. The van der Waals surface area contributed by atoms with Crippen LogP contribution in [0.2, 0.25) is 5.02 Å². The number of hydrogen-bond donors (Lipinski definition) is 1. The summed E-state index contributed by atoms with van der Waals surface area (Å²) in [4.78, 5) is 6.35. The molecule has 130 valence electrons. The van der Waals surface area contributed by atoms with Crippen molar-refractivity contribution in [3.63, 3.8) is 0 Å². The number of aromatic nitrogens is 3. The number of hydrogen-bond acceptors (Lipinski definition) is 5. The highest BCUT2D eigenvalue weighted by Gasteiger charge is 2.34. The first-order valence-electron chi connectivity index (χ1n) is 7.98. The van der Waals surface area contributed by atoms with E-state index in [4.69, 9.17) is 16.3 Å². The van der Waals surface area contributed by atoms with Crippen LogP contribution in [-0.2, 0) is 11.8 Å². The Morgan fingerprint density at radius 2 is 2.33 bits per heavy atom. The minimum Gasteiger partial charge on any atom is -0.373 e. The largest absolute Gasteiger partial charge is 0.373 e. The van der Waals surface area contributed by atoms with Gasteiger partial charge >= 0.3 is 0 Å². The molecule has 2 aromatic rings. The lowest BCUT2D eigenvalue weighted by molar-refractivity contribution is -0.0664. The number of likely N-dealkylation sites (N-methyl/N-ethyl adjacent to an activating group) is 1. The van der Waals surface area contributed by atoms with Gasteiger partial charge in [0.15, 0.2) is 11.6 Å². The second-order valence-electron chi connectivity index (χ2n) is 5.73. The van der Waals surface area contributed by atoms with E-state index in [-0.39, 0.29) is 23.0 Å². The van der Waals surface area contributed by atoms with E-state index in [1.165, 1.54) is 12.3 Å². The Balaban J connectivity index is 1.78. The molecule has 0 amide bonds. The first-order valence-corrected chi connectivity index (χ1v) is 8.36. The topological polar surface area (TPSA) is 55.2 Å². The molecule has 2 atom stereocenters. The summed E-state index contributed by atoms with van der Waals surface area (Å²) in [5.74, 6) is -0.289. The minimum atomic E-state index is -0.470. The number of rotatable bonds is 5. The van der Waals surface area contributed by atoms with E-state index >= 15 is 0 Å². The highest BCUT2D eigenvalue weighted by atomic mass is 35.5. The molecule has 24 heavy (non-hydrogen) atoms. The molecule has 3 heterocycles. The monoisotopic (exact) mass is 353 g/mol. The number of nitrogens with zero attached hydrogens (tertiary/aromatic N) is 4. The molecule has 0 spiro atoms. The summed E-state index contributed by atoms with van der Waals surface area (Å²) in [5, 5.41) is 7.58. The van der Waals surface area contributed by atoms with Gasteiger partial charge in [-0.2, -0.15) is 5.10 Å². The number of halogens is 2. The van der Waals surface area contributed by atoms with Crippen molar-refractivity contribution >= 4 is 17.4 Å². The van der Waals surface area contributed by atoms with Crippen molar-refractivity contribution in [2.75, 3.05) is 31.6 Å². The number of pyridine rings is 1. The van der Waals surface area contributed by atoms with Gasteiger partial charge in [-0.05, 0) is 18.7 Å². The van der Waals surface area contributed by atoms with E-state index in [1.54, 1.807) is 6.20 Å². The smallest absolute Gasteiger partial charge is 0.166 e. The quantitative estimate of drug-likeness (QED) is 0.895. The number of anilines is 1. The minimum absolute atomic E-state index is 0.0547. The van der Waals surface area contributed by atoms with E-state index in [1.807, 2.05) is 17.8 Å². The van der Waals surface area contributed by atoms with Gasteiger partial charge < -0.3 is 10.1 Å². The Kier molecular flexibility index (Phi) is 5.33. The molecular weight excluding hydrogens is 333 g/mol. The molecule has 0 aromatic carbocycles. The van der Waals surface area contributed by atoms with Gasteiger partial charge in [-0.25, -0.2) is 9.37 Å². The number of morpholine rings is 1. The second kappa shape index (κ2) is 7.46. The summed E-state index contributed by atoms with van der Waals surface area (Å²) in [7, 11) is 1.92. The molecule has 1 N–H and O–H groups in total. The van der Waals surface area contributed by atoms with Gasteiger partial charge in [-0.3, -0.25) is 9.58 Å². The summed E-state index contributed by atoms with van der Waals surface area (Å²) >= 11 is 5.74. The van der Waals surface area contributed by atoms with Crippen molar-refractivity contribution in [1.29, 1.82) is 0 Å².